The Kier molecular flexibility index (Phi) is 3.44. The average Bonchev–Trinajstić information content (AvgIpc) is 2.30. The fourth-order valence-electron chi connectivity index (χ4n) is 2.26. The number of rotatable bonds is 2. The lowest BCUT2D eigenvalue weighted by Crippen LogP contribution is -2.31. The molecule has 0 radical (unpaired) electrons. The van der Waals surface area contributed by atoms with E-state index in [2.05, 4.69) is 30.0 Å². The average molecular weight is 234 g/mol. The van der Waals surface area contributed by atoms with Gasteiger partial charge >= 0.3 is 0 Å². The molecule has 1 heterocycles. The first-order valence-electron chi connectivity index (χ1n) is 5.84. The van der Waals surface area contributed by atoms with Crippen LogP contribution in [-0.4, -0.2) is 18.1 Å². The number of thiocarbonyl (C=S) groups is 1. The van der Waals surface area contributed by atoms with Gasteiger partial charge in [-0.1, -0.05) is 23.8 Å². The van der Waals surface area contributed by atoms with Crippen molar-refractivity contribution in [2.45, 2.75) is 26.2 Å². The van der Waals surface area contributed by atoms with Gasteiger partial charge in [-0.05, 0) is 38.3 Å². The summed E-state index contributed by atoms with van der Waals surface area (Å²) in [6.07, 6.45) is 3.88. The van der Waals surface area contributed by atoms with Crippen molar-refractivity contribution in [2.75, 3.05) is 18.0 Å². The minimum Gasteiger partial charge on any atom is -0.389 e. The molecular weight excluding hydrogens is 216 g/mol. The molecule has 2 rings (SSSR count). The molecule has 0 spiro atoms. The molecule has 1 aliphatic heterocycles. The van der Waals surface area contributed by atoms with E-state index in [1.807, 2.05) is 0 Å². The molecule has 2 N–H and O–H groups in total. The number of nitrogens with zero attached hydrogens (tertiary/aromatic N) is 1. The highest BCUT2D eigenvalue weighted by molar-refractivity contribution is 7.80. The maximum atomic E-state index is 5.79. The minimum atomic E-state index is 0.504. The van der Waals surface area contributed by atoms with Crippen LogP contribution in [0.15, 0.2) is 18.2 Å². The second-order valence-electron chi connectivity index (χ2n) is 4.43. The summed E-state index contributed by atoms with van der Waals surface area (Å²) in [6, 6.07) is 6.37. The number of hydrogen-bond donors (Lipinski definition) is 1. The fraction of sp³-hybridized carbons (Fsp3) is 0.462. The van der Waals surface area contributed by atoms with Crippen LogP contribution in [0.1, 0.15) is 30.4 Å². The maximum absolute atomic E-state index is 5.79. The molecule has 1 saturated heterocycles. The molecule has 16 heavy (non-hydrogen) atoms. The van der Waals surface area contributed by atoms with Gasteiger partial charge in [0.25, 0.3) is 0 Å². The zero-order valence-corrected chi connectivity index (χ0v) is 10.5. The third kappa shape index (κ3) is 2.35. The molecule has 1 aliphatic rings. The van der Waals surface area contributed by atoms with Crippen molar-refractivity contribution in [3.63, 3.8) is 0 Å². The Morgan fingerprint density at radius 2 is 1.94 bits per heavy atom. The van der Waals surface area contributed by atoms with E-state index < -0.39 is 0 Å². The van der Waals surface area contributed by atoms with E-state index in [1.165, 1.54) is 30.5 Å². The molecule has 0 atom stereocenters. The van der Waals surface area contributed by atoms with Gasteiger partial charge in [0, 0.05) is 24.3 Å². The summed E-state index contributed by atoms with van der Waals surface area (Å²) in [6.45, 7) is 4.32. The topological polar surface area (TPSA) is 29.3 Å². The second-order valence-corrected chi connectivity index (χ2v) is 4.87. The molecule has 1 aromatic carbocycles. The van der Waals surface area contributed by atoms with Crippen LogP contribution in [0.3, 0.4) is 0 Å². The van der Waals surface area contributed by atoms with Crippen LogP contribution in [0.5, 0.6) is 0 Å². The van der Waals surface area contributed by atoms with Crippen molar-refractivity contribution >= 4 is 22.9 Å². The van der Waals surface area contributed by atoms with Gasteiger partial charge in [0.2, 0.25) is 0 Å². The molecule has 3 heteroatoms. The van der Waals surface area contributed by atoms with Gasteiger partial charge in [0.15, 0.2) is 0 Å². The van der Waals surface area contributed by atoms with Crippen LogP contribution in [0.2, 0.25) is 0 Å². The van der Waals surface area contributed by atoms with Gasteiger partial charge < -0.3 is 10.6 Å². The highest BCUT2D eigenvalue weighted by Gasteiger charge is 2.15. The van der Waals surface area contributed by atoms with Crippen LogP contribution in [0, 0.1) is 6.92 Å². The van der Waals surface area contributed by atoms with Gasteiger partial charge in [-0.3, -0.25) is 0 Å². The van der Waals surface area contributed by atoms with E-state index in [1.54, 1.807) is 0 Å². The Morgan fingerprint density at radius 3 is 2.56 bits per heavy atom. The summed E-state index contributed by atoms with van der Waals surface area (Å²) in [5.41, 5.74) is 9.24. The molecule has 0 saturated carbocycles. The van der Waals surface area contributed by atoms with Gasteiger partial charge in [-0.25, -0.2) is 0 Å². The van der Waals surface area contributed by atoms with E-state index in [0.29, 0.717) is 4.99 Å². The third-order valence-electron chi connectivity index (χ3n) is 3.11. The van der Waals surface area contributed by atoms with E-state index in [9.17, 15) is 0 Å². The fourth-order valence-corrected chi connectivity index (χ4v) is 2.42. The Labute approximate surface area is 102 Å². The van der Waals surface area contributed by atoms with Crippen LogP contribution in [0.25, 0.3) is 0 Å². The van der Waals surface area contributed by atoms with Gasteiger partial charge in [-0.2, -0.15) is 0 Å². The quantitative estimate of drug-likeness (QED) is 0.798. The first kappa shape index (κ1) is 11.4. The first-order valence-corrected chi connectivity index (χ1v) is 6.25. The van der Waals surface area contributed by atoms with E-state index >= 15 is 0 Å². The minimum absolute atomic E-state index is 0.504. The van der Waals surface area contributed by atoms with Crippen LogP contribution in [0.4, 0.5) is 5.69 Å². The van der Waals surface area contributed by atoms with Gasteiger partial charge in [0.05, 0.1) is 0 Å². The van der Waals surface area contributed by atoms with Crippen molar-refractivity contribution in [3.8, 4) is 0 Å². The van der Waals surface area contributed by atoms with Crippen molar-refractivity contribution in [3.05, 3.63) is 29.3 Å². The van der Waals surface area contributed by atoms with Crippen LogP contribution in [-0.2, 0) is 0 Å². The smallest absolute Gasteiger partial charge is 0.106 e. The van der Waals surface area contributed by atoms with Crippen molar-refractivity contribution in [1.82, 2.24) is 0 Å². The zero-order valence-electron chi connectivity index (χ0n) is 9.70. The molecule has 2 nitrogen and oxygen atoms in total. The lowest BCUT2D eigenvalue weighted by Gasteiger charge is -2.30. The Morgan fingerprint density at radius 1 is 1.25 bits per heavy atom. The Balaban J connectivity index is 2.34. The summed E-state index contributed by atoms with van der Waals surface area (Å²) in [7, 11) is 0. The first-order chi connectivity index (χ1) is 7.68. The van der Waals surface area contributed by atoms with Crippen LogP contribution < -0.4 is 10.6 Å². The van der Waals surface area contributed by atoms with Gasteiger partial charge in [0.1, 0.15) is 4.99 Å². The molecular formula is C13H18N2S. The summed E-state index contributed by atoms with van der Waals surface area (Å²) in [5, 5.41) is 0. The molecule has 0 aliphatic carbocycles. The second kappa shape index (κ2) is 4.83. The molecule has 1 fully saturated rings. The van der Waals surface area contributed by atoms with E-state index in [-0.39, 0.29) is 0 Å². The number of benzene rings is 1. The molecule has 1 aromatic rings. The van der Waals surface area contributed by atoms with Crippen molar-refractivity contribution in [2.24, 2.45) is 5.73 Å². The predicted molar refractivity (Wildman–Crippen MR) is 73.1 cm³/mol. The normalized spacial score (nSPS) is 16.2. The number of aryl methyl sites for hydroxylation is 1. The Hall–Kier alpha value is -1.09. The lowest BCUT2D eigenvalue weighted by atomic mass is 10.1. The molecule has 0 aromatic heterocycles. The monoisotopic (exact) mass is 234 g/mol. The molecule has 0 unspecified atom stereocenters. The number of hydrogen-bond acceptors (Lipinski definition) is 2. The summed E-state index contributed by atoms with van der Waals surface area (Å²) in [5.74, 6) is 0. The maximum Gasteiger partial charge on any atom is 0.106 e. The third-order valence-corrected chi connectivity index (χ3v) is 3.33. The van der Waals surface area contributed by atoms with E-state index in [4.69, 9.17) is 18.0 Å². The van der Waals surface area contributed by atoms with Crippen molar-refractivity contribution in [1.29, 1.82) is 0 Å². The highest BCUT2D eigenvalue weighted by Crippen LogP contribution is 2.25. The zero-order chi connectivity index (χ0) is 11.5. The number of piperidine rings is 1. The van der Waals surface area contributed by atoms with Crippen LogP contribution >= 0.6 is 12.2 Å². The van der Waals surface area contributed by atoms with Gasteiger partial charge in [-0.15, -0.1) is 0 Å². The SMILES string of the molecule is Cc1ccc(N2CCCCC2)c(C(N)=S)c1. The predicted octanol–water partition coefficient (Wildman–Crippen LogP) is 2.62. The number of nitrogens with two attached hydrogens (primary N) is 1. The summed E-state index contributed by atoms with van der Waals surface area (Å²) < 4.78 is 0. The summed E-state index contributed by atoms with van der Waals surface area (Å²) >= 11 is 5.13. The largest absolute Gasteiger partial charge is 0.389 e. The standard InChI is InChI=1S/C13H18N2S/c1-10-5-6-12(11(9-10)13(14)16)15-7-3-2-4-8-15/h5-6,9H,2-4,7-8H2,1H3,(H2,14,16). The molecule has 86 valence electrons. The highest BCUT2D eigenvalue weighted by atomic mass is 32.1. The van der Waals surface area contributed by atoms with E-state index in [0.717, 1.165) is 18.7 Å². The molecule has 0 bridgehead atoms. The Bertz CT molecular complexity index is 395. The number of anilines is 1. The lowest BCUT2D eigenvalue weighted by molar-refractivity contribution is 0.577. The van der Waals surface area contributed by atoms with Crippen molar-refractivity contribution < 1.29 is 0 Å². The summed E-state index contributed by atoms with van der Waals surface area (Å²) in [4.78, 5) is 2.90. The molecule has 0 amide bonds.